The van der Waals surface area contributed by atoms with Crippen molar-refractivity contribution in [2.75, 3.05) is 39.2 Å². The van der Waals surface area contributed by atoms with Crippen molar-refractivity contribution < 1.29 is 14.3 Å². The van der Waals surface area contributed by atoms with Gasteiger partial charge in [0.05, 0.1) is 13.2 Å². The third-order valence-electron chi connectivity index (χ3n) is 5.16. The second-order valence-electron chi connectivity index (χ2n) is 7.15. The molecule has 1 aromatic heterocycles. The molecular weight excluding hydrogens is 320 g/mol. The topological polar surface area (TPSA) is 67.8 Å². The van der Waals surface area contributed by atoms with Crippen LogP contribution in [-0.4, -0.2) is 67.3 Å². The number of amides is 1. The summed E-state index contributed by atoms with van der Waals surface area (Å²) in [6.07, 6.45) is 3.88. The Morgan fingerprint density at radius 3 is 2.60 bits per heavy atom. The fourth-order valence-electron chi connectivity index (χ4n) is 3.76. The Morgan fingerprint density at radius 1 is 1.24 bits per heavy atom. The van der Waals surface area contributed by atoms with Gasteiger partial charge in [-0.1, -0.05) is 0 Å². The number of piperidine rings is 1. The number of methoxy groups -OCH3 is 1. The van der Waals surface area contributed by atoms with Gasteiger partial charge >= 0.3 is 6.01 Å². The zero-order valence-electron chi connectivity index (χ0n) is 15.6. The standard InChI is InChI=1S/C18H28N4O3/c1-12-11-16(20-18(19-12)24-4)22-9-7-13(8-10-22)14-5-6-15(25-14)17(23)21(2)3/h11,13-15H,5-10H2,1-4H3/t14-,15+/m0/s1. The van der Waals surface area contributed by atoms with Gasteiger partial charge in [-0.25, -0.2) is 4.98 Å². The number of hydrogen-bond acceptors (Lipinski definition) is 6. The maximum atomic E-state index is 12.1. The summed E-state index contributed by atoms with van der Waals surface area (Å²) in [5, 5.41) is 0. The van der Waals surface area contributed by atoms with E-state index in [0.717, 1.165) is 50.3 Å². The highest BCUT2D eigenvalue weighted by Gasteiger charge is 2.37. The molecule has 0 radical (unpaired) electrons. The number of hydrogen-bond donors (Lipinski definition) is 0. The molecule has 138 valence electrons. The van der Waals surface area contributed by atoms with Crippen LogP contribution in [0.25, 0.3) is 0 Å². The van der Waals surface area contributed by atoms with Gasteiger partial charge in [0.1, 0.15) is 11.9 Å². The summed E-state index contributed by atoms with van der Waals surface area (Å²) in [6, 6.07) is 2.42. The third-order valence-corrected chi connectivity index (χ3v) is 5.16. The number of aryl methyl sites for hydroxylation is 1. The van der Waals surface area contributed by atoms with Gasteiger partial charge in [-0.05, 0) is 38.5 Å². The monoisotopic (exact) mass is 348 g/mol. The molecule has 0 bridgehead atoms. The van der Waals surface area contributed by atoms with Crippen LogP contribution in [0.2, 0.25) is 0 Å². The van der Waals surface area contributed by atoms with E-state index in [-0.39, 0.29) is 18.1 Å². The van der Waals surface area contributed by atoms with Gasteiger partial charge in [0.25, 0.3) is 5.91 Å². The van der Waals surface area contributed by atoms with Crippen LogP contribution < -0.4 is 9.64 Å². The minimum Gasteiger partial charge on any atom is -0.467 e. The van der Waals surface area contributed by atoms with Crippen molar-refractivity contribution >= 4 is 11.7 Å². The number of rotatable bonds is 4. The molecule has 0 aliphatic carbocycles. The van der Waals surface area contributed by atoms with Crippen molar-refractivity contribution in [1.82, 2.24) is 14.9 Å². The molecule has 2 saturated heterocycles. The lowest BCUT2D eigenvalue weighted by Gasteiger charge is -2.35. The largest absolute Gasteiger partial charge is 0.467 e. The summed E-state index contributed by atoms with van der Waals surface area (Å²) in [5.74, 6) is 1.53. The number of anilines is 1. The Labute approximate surface area is 149 Å². The SMILES string of the molecule is COc1nc(C)cc(N2CCC([C@@H]3CC[C@H](C(=O)N(C)C)O3)CC2)n1. The molecule has 2 fully saturated rings. The Hall–Kier alpha value is -1.89. The van der Waals surface area contributed by atoms with Gasteiger partial charge in [0.15, 0.2) is 0 Å². The van der Waals surface area contributed by atoms with E-state index < -0.39 is 0 Å². The Morgan fingerprint density at radius 2 is 1.96 bits per heavy atom. The summed E-state index contributed by atoms with van der Waals surface area (Å²) < 4.78 is 11.2. The summed E-state index contributed by atoms with van der Waals surface area (Å²) in [5.41, 5.74) is 0.910. The molecule has 2 atom stereocenters. The molecule has 3 rings (SSSR count). The van der Waals surface area contributed by atoms with E-state index in [1.807, 2.05) is 13.0 Å². The molecule has 2 aliphatic rings. The van der Waals surface area contributed by atoms with Crippen molar-refractivity contribution in [2.24, 2.45) is 5.92 Å². The van der Waals surface area contributed by atoms with Crippen molar-refractivity contribution in [1.29, 1.82) is 0 Å². The van der Waals surface area contributed by atoms with E-state index in [1.165, 1.54) is 0 Å². The Balaban J connectivity index is 1.56. The normalized spacial score (nSPS) is 24.4. The highest BCUT2D eigenvalue weighted by Crippen LogP contribution is 2.33. The number of likely N-dealkylation sites (N-methyl/N-ethyl adjacent to an activating group) is 1. The molecule has 7 heteroatoms. The first-order valence-corrected chi connectivity index (χ1v) is 8.99. The lowest BCUT2D eigenvalue weighted by atomic mass is 9.89. The van der Waals surface area contributed by atoms with Crippen LogP contribution in [0.4, 0.5) is 5.82 Å². The first-order chi connectivity index (χ1) is 12.0. The maximum Gasteiger partial charge on any atom is 0.318 e. The van der Waals surface area contributed by atoms with Gasteiger partial charge in [-0.3, -0.25) is 4.79 Å². The van der Waals surface area contributed by atoms with Crippen molar-refractivity contribution in [3.8, 4) is 6.01 Å². The van der Waals surface area contributed by atoms with Crippen LogP contribution in [0.1, 0.15) is 31.4 Å². The zero-order valence-corrected chi connectivity index (χ0v) is 15.6. The highest BCUT2D eigenvalue weighted by molar-refractivity contribution is 5.80. The number of nitrogens with zero attached hydrogens (tertiary/aromatic N) is 4. The molecule has 25 heavy (non-hydrogen) atoms. The predicted octanol–water partition coefficient (Wildman–Crippen LogP) is 1.65. The van der Waals surface area contributed by atoms with Crippen LogP contribution in [0.15, 0.2) is 6.07 Å². The van der Waals surface area contributed by atoms with Crippen LogP contribution in [0, 0.1) is 12.8 Å². The molecule has 1 aromatic rings. The van der Waals surface area contributed by atoms with E-state index in [2.05, 4.69) is 14.9 Å². The van der Waals surface area contributed by atoms with Gasteiger partial charge in [0.2, 0.25) is 0 Å². The summed E-state index contributed by atoms with van der Waals surface area (Å²) >= 11 is 0. The maximum absolute atomic E-state index is 12.1. The van der Waals surface area contributed by atoms with Crippen LogP contribution in [-0.2, 0) is 9.53 Å². The molecule has 0 N–H and O–H groups in total. The quantitative estimate of drug-likeness (QED) is 0.824. The van der Waals surface area contributed by atoms with Gasteiger partial charge in [0, 0.05) is 38.9 Å². The fourth-order valence-corrected chi connectivity index (χ4v) is 3.76. The first-order valence-electron chi connectivity index (χ1n) is 8.99. The van der Waals surface area contributed by atoms with Crippen molar-refractivity contribution in [3.05, 3.63) is 11.8 Å². The molecule has 3 heterocycles. The van der Waals surface area contributed by atoms with E-state index in [1.54, 1.807) is 26.1 Å². The Kier molecular flexibility index (Phi) is 5.42. The van der Waals surface area contributed by atoms with Gasteiger partial charge in [-0.2, -0.15) is 4.98 Å². The van der Waals surface area contributed by atoms with Crippen LogP contribution in [0.5, 0.6) is 6.01 Å². The molecule has 2 aliphatic heterocycles. The van der Waals surface area contributed by atoms with Crippen LogP contribution in [0.3, 0.4) is 0 Å². The minimum atomic E-state index is -0.258. The van der Waals surface area contributed by atoms with E-state index in [0.29, 0.717) is 11.9 Å². The average Bonchev–Trinajstić information content (AvgIpc) is 3.10. The molecule has 0 saturated carbocycles. The summed E-state index contributed by atoms with van der Waals surface area (Å²) in [7, 11) is 5.17. The fraction of sp³-hybridized carbons (Fsp3) is 0.722. The molecule has 0 unspecified atom stereocenters. The van der Waals surface area contributed by atoms with Crippen molar-refractivity contribution in [3.63, 3.8) is 0 Å². The zero-order chi connectivity index (χ0) is 18.0. The van der Waals surface area contributed by atoms with Crippen LogP contribution >= 0.6 is 0 Å². The number of carbonyl (C=O) groups excluding carboxylic acids is 1. The van der Waals surface area contributed by atoms with Gasteiger partial charge < -0.3 is 19.3 Å². The second-order valence-corrected chi connectivity index (χ2v) is 7.15. The van der Waals surface area contributed by atoms with E-state index in [4.69, 9.17) is 9.47 Å². The molecule has 7 nitrogen and oxygen atoms in total. The average molecular weight is 348 g/mol. The predicted molar refractivity (Wildman–Crippen MR) is 94.8 cm³/mol. The van der Waals surface area contributed by atoms with E-state index >= 15 is 0 Å². The molecule has 1 amide bonds. The third kappa shape index (κ3) is 4.03. The lowest BCUT2D eigenvalue weighted by molar-refractivity contribution is -0.141. The van der Waals surface area contributed by atoms with E-state index in [9.17, 15) is 4.79 Å². The van der Waals surface area contributed by atoms with Gasteiger partial charge in [-0.15, -0.1) is 0 Å². The summed E-state index contributed by atoms with van der Waals surface area (Å²) in [6.45, 7) is 3.83. The first kappa shape index (κ1) is 17.9. The molecular formula is C18H28N4O3. The highest BCUT2D eigenvalue weighted by atomic mass is 16.5. The molecule has 0 aromatic carbocycles. The second kappa shape index (κ2) is 7.56. The van der Waals surface area contributed by atoms with Crippen molar-refractivity contribution in [2.45, 2.75) is 44.8 Å². The minimum absolute atomic E-state index is 0.0866. The number of carbonyl (C=O) groups is 1. The molecule has 0 spiro atoms. The number of ether oxygens (including phenoxy) is 2. The Bertz CT molecular complexity index is 614. The summed E-state index contributed by atoms with van der Waals surface area (Å²) in [4.78, 5) is 24.7. The lowest BCUT2D eigenvalue weighted by Crippen LogP contribution is -2.39. The smallest absolute Gasteiger partial charge is 0.318 e. The number of aromatic nitrogens is 2.